The van der Waals surface area contributed by atoms with Gasteiger partial charge in [-0.1, -0.05) is 26.7 Å². The van der Waals surface area contributed by atoms with Gasteiger partial charge in [-0.15, -0.1) is 0 Å². The van der Waals surface area contributed by atoms with Crippen LogP contribution >= 0.6 is 0 Å². The summed E-state index contributed by atoms with van der Waals surface area (Å²) in [6.45, 7) is 6.14. The normalized spacial score (nSPS) is 10.3. The van der Waals surface area contributed by atoms with Gasteiger partial charge in [0.05, 0.1) is 0 Å². The smallest absolute Gasteiger partial charge is 0.243 e. The second-order valence-corrected chi connectivity index (χ2v) is 4.27. The molecule has 6 N–H and O–H groups in total. The second kappa shape index (κ2) is 8.44. The van der Waals surface area contributed by atoms with Crippen molar-refractivity contribution in [2.45, 2.75) is 39.5 Å². The maximum atomic E-state index is 5.35. The van der Waals surface area contributed by atoms with E-state index in [4.69, 9.17) is 11.7 Å². The van der Waals surface area contributed by atoms with Gasteiger partial charge in [-0.3, -0.25) is 10.9 Å². The first-order chi connectivity index (χ1) is 9.24. The van der Waals surface area contributed by atoms with Crippen molar-refractivity contribution in [1.82, 2.24) is 15.0 Å². The van der Waals surface area contributed by atoms with E-state index in [2.05, 4.69) is 44.6 Å². The first-order valence-electron chi connectivity index (χ1n) is 6.69. The molecule has 0 fully saturated rings. The van der Waals surface area contributed by atoms with Crippen molar-refractivity contribution in [3.63, 3.8) is 0 Å². The molecule has 1 aromatic rings. The fraction of sp³-hybridized carbons (Fsp3) is 0.727. The highest BCUT2D eigenvalue weighted by Crippen LogP contribution is 2.14. The minimum absolute atomic E-state index is 0.302. The molecule has 0 aliphatic heterocycles. The molecule has 0 aliphatic rings. The highest BCUT2D eigenvalue weighted by atomic mass is 15.4. The number of unbranched alkanes of at least 4 members (excludes halogenated alkanes) is 2. The summed E-state index contributed by atoms with van der Waals surface area (Å²) in [5, 5.41) is 0. The maximum absolute atomic E-state index is 5.35. The highest BCUT2D eigenvalue weighted by Gasteiger charge is 2.12. The number of hydrazine groups is 2. The third kappa shape index (κ3) is 4.84. The minimum Gasteiger partial charge on any atom is -0.341 e. The predicted octanol–water partition coefficient (Wildman–Crippen LogP) is 0.849. The average molecular weight is 268 g/mol. The van der Waals surface area contributed by atoms with Crippen LogP contribution in [0.1, 0.15) is 39.5 Å². The number of nitrogen functional groups attached to an aromatic ring is 2. The lowest BCUT2D eigenvalue weighted by atomic mass is 10.3. The first-order valence-corrected chi connectivity index (χ1v) is 6.69. The monoisotopic (exact) mass is 268 g/mol. The third-order valence-electron chi connectivity index (χ3n) is 2.73. The van der Waals surface area contributed by atoms with Crippen LogP contribution in [-0.4, -0.2) is 28.0 Å². The zero-order valence-corrected chi connectivity index (χ0v) is 11.7. The fourth-order valence-corrected chi connectivity index (χ4v) is 1.65. The molecule has 1 heterocycles. The van der Waals surface area contributed by atoms with E-state index >= 15 is 0 Å². The molecule has 1 aromatic heterocycles. The Balaban J connectivity index is 2.91. The van der Waals surface area contributed by atoms with Crippen molar-refractivity contribution < 1.29 is 0 Å². The molecule has 0 amide bonds. The number of nitrogens with zero attached hydrogens (tertiary/aromatic N) is 4. The van der Waals surface area contributed by atoms with Crippen molar-refractivity contribution in [2.24, 2.45) is 11.7 Å². The van der Waals surface area contributed by atoms with Crippen molar-refractivity contribution in [3.05, 3.63) is 0 Å². The summed E-state index contributed by atoms with van der Waals surface area (Å²) in [5.41, 5.74) is 4.85. The molecule has 0 saturated heterocycles. The molecule has 0 aliphatic carbocycles. The quantitative estimate of drug-likeness (QED) is 0.384. The van der Waals surface area contributed by atoms with Crippen LogP contribution in [0.15, 0.2) is 0 Å². The van der Waals surface area contributed by atoms with Gasteiger partial charge in [0.2, 0.25) is 17.8 Å². The van der Waals surface area contributed by atoms with Gasteiger partial charge in [0.25, 0.3) is 0 Å². The molecule has 0 saturated carbocycles. The molecule has 108 valence electrons. The number of aromatic nitrogens is 3. The zero-order valence-electron chi connectivity index (χ0n) is 11.7. The van der Waals surface area contributed by atoms with Gasteiger partial charge in [-0.2, -0.15) is 15.0 Å². The molecule has 0 radical (unpaired) electrons. The number of nitrogens with two attached hydrogens (primary N) is 2. The van der Waals surface area contributed by atoms with Gasteiger partial charge >= 0.3 is 0 Å². The molecule has 19 heavy (non-hydrogen) atoms. The Morgan fingerprint density at radius 1 is 0.895 bits per heavy atom. The Labute approximate surface area is 113 Å². The van der Waals surface area contributed by atoms with Crippen LogP contribution in [0.3, 0.4) is 0 Å². The van der Waals surface area contributed by atoms with E-state index in [0.29, 0.717) is 17.8 Å². The number of anilines is 3. The van der Waals surface area contributed by atoms with E-state index in [-0.39, 0.29) is 0 Å². The van der Waals surface area contributed by atoms with E-state index in [0.717, 1.165) is 38.8 Å². The molecule has 8 nitrogen and oxygen atoms in total. The van der Waals surface area contributed by atoms with E-state index in [1.807, 2.05) is 0 Å². The van der Waals surface area contributed by atoms with Crippen LogP contribution in [-0.2, 0) is 0 Å². The SMILES string of the molecule is CCCCN(CCCC)c1nc(NN)nc(NN)n1. The molecular weight excluding hydrogens is 244 g/mol. The number of rotatable bonds is 9. The Morgan fingerprint density at radius 3 is 1.74 bits per heavy atom. The molecular formula is C11H24N8. The Hall–Kier alpha value is -1.67. The number of hydrogen-bond acceptors (Lipinski definition) is 8. The van der Waals surface area contributed by atoms with Crippen molar-refractivity contribution in [2.75, 3.05) is 28.8 Å². The Kier molecular flexibility index (Phi) is 6.83. The van der Waals surface area contributed by atoms with Crippen LogP contribution in [0, 0.1) is 0 Å². The predicted molar refractivity (Wildman–Crippen MR) is 77.5 cm³/mol. The summed E-state index contributed by atoms with van der Waals surface area (Å²) in [4.78, 5) is 14.7. The van der Waals surface area contributed by atoms with E-state index < -0.39 is 0 Å². The Morgan fingerprint density at radius 2 is 1.37 bits per heavy atom. The summed E-state index contributed by atoms with van der Waals surface area (Å²) in [7, 11) is 0. The zero-order chi connectivity index (χ0) is 14.1. The summed E-state index contributed by atoms with van der Waals surface area (Å²) in [5.74, 6) is 11.9. The van der Waals surface area contributed by atoms with E-state index in [9.17, 15) is 0 Å². The van der Waals surface area contributed by atoms with Gasteiger partial charge < -0.3 is 4.90 Å². The molecule has 0 atom stereocenters. The fourth-order valence-electron chi connectivity index (χ4n) is 1.65. The van der Waals surface area contributed by atoms with E-state index in [1.54, 1.807) is 0 Å². The molecule has 0 bridgehead atoms. The van der Waals surface area contributed by atoms with Gasteiger partial charge in [-0.25, -0.2) is 11.7 Å². The van der Waals surface area contributed by atoms with Crippen LogP contribution in [0.5, 0.6) is 0 Å². The lowest BCUT2D eigenvalue weighted by Crippen LogP contribution is -2.29. The van der Waals surface area contributed by atoms with Crippen molar-refractivity contribution >= 4 is 17.8 Å². The first kappa shape index (κ1) is 15.4. The van der Waals surface area contributed by atoms with Crippen LogP contribution in [0.4, 0.5) is 17.8 Å². The maximum Gasteiger partial charge on any atom is 0.243 e. The van der Waals surface area contributed by atoms with Gasteiger partial charge in [0.1, 0.15) is 0 Å². The average Bonchev–Trinajstić information content (AvgIpc) is 2.46. The van der Waals surface area contributed by atoms with Crippen LogP contribution in [0.2, 0.25) is 0 Å². The highest BCUT2D eigenvalue weighted by molar-refractivity contribution is 5.42. The lowest BCUT2D eigenvalue weighted by Gasteiger charge is -2.22. The number of hydrogen-bond donors (Lipinski definition) is 4. The topological polar surface area (TPSA) is 118 Å². The molecule has 1 rings (SSSR count). The van der Waals surface area contributed by atoms with Crippen molar-refractivity contribution in [3.8, 4) is 0 Å². The molecule has 8 heteroatoms. The second-order valence-electron chi connectivity index (χ2n) is 4.27. The largest absolute Gasteiger partial charge is 0.341 e. The van der Waals surface area contributed by atoms with Gasteiger partial charge in [0, 0.05) is 13.1 Å². The number of nitrogens with one attached hydrogen (secondary N) is 2. The standard InChI is InChI=1S/C11H24N8/c1-3-5-7-19(8-6-4-2)11-15-9(17-12)14-10(16-11)18-13/h3-8,12-13H2,1-2H3,(H2,14,15,16,17,18). The minimum atomic E-state index is 0.302. The van der Waals surface area contributed by atoms with Crippen LogP contribution in [0.25, 0.3) is 0 Å². The molecule has 0 aromatic carbocycles. The van der Waals surface area contributed by atoms with E-state index in [1.165, 1.54) is 0 Å². The lowest BCUT2D eigenvalue weighted by molar-refractivity contribution is 0.662. The third-order valence-corrected chi connectivity index (χ3v) is 2.73. The summed E-state index contributed by atoms with van der Waals surface area (Å²) in [6, 6.07) is 0. The van der Waals surface area contributed by atoms with Gasteiger partial charge in [0.15, 0.2) is 0 Å². The Bertz CT molecular complexity index is 339. The molecule has 0 unspecified atom stereocenters. The summed E-state index contributed by atoms with van der Waals surface area (Å²) < 4.78 is 0. The van der Waals surface area contributed by atoms with Crippen LogP contribution < -0.4 is 27.4 Å². The van der Waals surface area contributed by atoms with Gasteiger partial charge in [-0.05, 0) is 12.8 Å². The summed E-state index contributed by atoms with van der Waals surface area (Å²) >= 11 is 0. The summed E-state index contributed by atoms with van der Waals surface area (Å²) in [6.07, 6.45) is 4.42. The molecule has 0 spiro atoms. The van der Waals surface area contributed by atoms with Crippen molar-refractivity contribution in [1.29, 1.82) is 0 Å².